The molecule has 0 atom stereocenters. The van der Waals surface area contributed by atoms with Gasteiger partial charge < -0.3 is 24.6 Å². The number of fused-ring (bicyclic) bond motifs is 1. The third kappa shape index (κ3) is 6.24. The van der Waals surface area contributed by atoms with E-state index in [2.05, 4.69) is 18.7 Å². The number of aliphatic carboxylic acids is 2. The molecule has 2 N–H and O–H groups in total. The number of hydrogen-bond acceptors (Lipinski definition) is 7. The molecule has 1 aromatic carbocycles. The normalized spacial score (nSPS) is 10.5. The summed E-state index contributed by atoms with van der Waals surface area (Å²) in [5, 5.41) is 15.5. The van der Waals surface area contributed by atoms with E-state index in [-0.39, 0.29) is 5.56 Å². The Morgan fingerprint density at radius 1 is 1.07 bits per heavy atom. The average molecular weight is 414 g/mol. The van der Waals surface area contributed by atoms with Gasteiger partial charge in [-0.25, -0.2) is 9.59 Å². The summed E-state index contributed by atoms with van der Waals surface area (Å²) in [6.07, 6.45) is 0.975. The van der Waals surface area contributed by atoms with Crippen LogP contribution in [0.15, 0.2) is 16.9 Å². The molecular formula is C18H26N2O7S. The Labute approximate surface area is 166 Å². The maximum absolute atomic E-state index is 12.5. The molecule has 0 radical (unpaired) electrons. The summed E-state index contributed by atoms with van der Waals surface area (Å²) in [5.41, 5.74) is 0.0560. The largest absolute Gasteiger partial charge is 0.493 e. The Kier molecular flexibility index (Phi) is 9.46. The second kappa shape index (κ2) is 11.3. The lowest BCUT2D eigenvalue weighted by Gasteiger charge is -2.17. The number of hydrogen-bond donors (Lipinski definition) is 2. The molecule has 0 aliphatic carbocycles. The van der Waals surface area contributed by atoms with Gasteiger partial charge in [-0.05, 0) is 32.1 Å². The van der Waals surface area contributed by atoms with Crippen molar-refractivity contribution < 1.29 is 29.3 Å². The minimum absolute atomic E-state index is 0.0560. The van der Waals surface area contributed by atoms with Gasteiger partial charge >= 0.3 is 11.9 Å². The van der Waals surface area contributed by atoms with Crippen molar-refractivity contribution in [3.8, 4) is 11.5 Å². The third-order valence-corrected chi connectivity index (χ3v) is 5.17. The second-order valence-electron chi connectivity index (χ2n) is 5.69. The molecule has 0 saturated heterocycles. The zero-order valence-electron chi connectivity index (χ0n) is 16.4. The molecule has 0 fully saturated rings. The van der Waals surface area contributed by atoms with Crippen molar-refractivity contribution >= 4 is 33.6 Å². The summed E-state index contributed by atoms with van der Waals surface area (Å²) >= 11 is 1.49. The van der Waals surface area contributed by atoms with Gasteiger partial charge in [0, 0.05) is 12.6 Å². The number of carboxylic acid groups (broad SMARTS) is 2. The quantitative estimate of drug-likeness (QED) is 0.630. The minimum atomic E-state index is -1.82. The molecule has 28 heavy (non-hydrogen) atoms. The van der Waals surface area contributed by atoms with E-state index < -0.39 is 11.9 Å². The van der Waals surface area contributed by atoms with Crippen molar-refractivity contribution in [2.24, 2.45) is 0 Å². The van der Waals surface area contributed by atoms with Gasteiger partial charge in [0.25, 0.3) is 5.56 Å². The van der Waals surface area contributed by atoms with Crippen LogP contribution in [0.4, 0.5) is 0 Å². The van der Waals surface area contributed by atoms with E-state index in [1.165, 1.54) is 11.5 Å². The lowest BCUT2D eigenvalue weighted by atomic mass is 10.2. The molecule has 2 aromatic rings. The smallest absolute Gasteiger partial charge is 0.414 e. The maximum atomic E-state index is 12.5. The maximum Gasteiger partial charge on any atom is 0.414 e. The van der Waals surface area contributed by atoms with Crippen molar-refractivity contribution in [2.75, 3.05) is 33.9 Å². The summed E-state index contributed by atoms with van der Waals surface area (Å²) in [6.45, 7) is 8.18. The standard InChI is InChI=1S/C16H24N2O3S.C2H2O4/c1-5-17(6-2)8-7-9-18-16(19)12-10-13(20-3)14(21-4)11-15(12)22-18;3-1(4)2(5)6/h10-11H,5-9H2,1-4H3;(H,3,4)(H,5,6). The lowest BCUT2D eigenvalue weighted by molar-refractivity contribution is -0.159. The zero-order chi connectivity index (χ0) is 21.3. The average Bonchev–Trinajstić information content (AvgIpc) is 2.99. The second-order valence-corrected chi connectivity index (χ2v) is 6.76. The SMILES string of the molecule is CCN(CC)CCCn1sc2cc(OC)c(OC)cc2c1=O.O=C(O)C(=O)O. The Morgan fingerprint density at radius 2 is 1.61 bits per heavy atom. The van der Waals surface area contributed by atoms with Crippen LogP contribution in [0.25, 0.3) is 10.1 Å². The van der Waals surface area contributed by atoms with Gasteiger partial charge in [-0.3, -0.25) is 8.75 Å². The van der Waals surface area contributed by atoms with E-state index in [1.54, 1.807) is 20.3 Å². The molecule has 0 spiro atoms. The summed E-state index contributed by atoms with van der Waals surface area (Å²) < 4.78 is 13.3. The Bertz CT molecular complexity index is 843. The van der Waals surface area contributed by atoms with Crippen molar-refractivity contribution in [1.29, 1.82) is 0 Å². The molecule has 0 amide bonds. The lowest BCUT2D eigenvalue weighted by Crippen LogP contribution is -2.25. The van der Waals surface area contributed by atoms with Crippen LogP contribution in [0.1, 0.15) is 20.3 Å². The van der Waals surface area contributed by atoms with Gasteiger partial charge in [-0.2, -0.15) is 0 Å². The van der Waals surface area contributed by atoms with Crippen LogP contribution in [0.3, 0.4) is 0 Å². The predicted molar refractivity (Wildman–Crippen MR) is 107 cm³/mol. The first kappa shape index (κ1) is 23.4. The molecular weight excluding hydrogens is 388 g/mol. The number of aryl methyl sites for hydroxylation is 1. The number of carbonyl (C=O) groups is 2. The molecule has 0 aliphatic heterocycles. The van der Waals surface area contributed by atoms with Crippen LogP contribution >= 0.6 is 11.5 Å². The van der Waals surface area contributed by atoms with Crippen LogP contribution < -0.4 is 15.0 Å². The molecule has 0 unspecified atom stereocenters. The number of nitrogens with zero attached hydrogens (tertiary/aromatic N) is 2. The highest BCUT2D eigenvalue weighted by Gasteiger charge is 2.13. The van der Waals surface area contributed by atoms with Crippen LogP contribution in [0, 0.1) is 0 Å². The first-order valence-electron chi connectivity index (χ1n) is 8.73. The van der Waals surface area contributed by atoms with E-state index in [4.69, 9.17) is 29.3 Å². The third-order valence-electron chi connectivity index (χ3n) is 4.06. The molecule has 10 heteroatoms. The summed E-state index contributed by atoms with van der Waals surface area (Å²) in [5.74, 6) is -2.39. The first-order chi connectivity index (χ1) is 13.3. The van der Waals surface area contributed by atoms with Gasteiger partial charge in [0.2, 0.25) is 0 Å². The van der Waals surface area contributed by atoms with E-state index in [9.17, 15) is 4.79 Å². The zero-order valence-corrected chi connectivity index (χ0v) is 17.2. The van der Waals surface area contributed by atoms with Gasteiger partial charge in [-0.15, -0.1) is 0 Å². The summed E-state index contributed by atoms with van der Waals surface area (Å²) in [6, 6.07) is 3.65. The van der Waals surface area contributed by atoms with E-state index in [1.807, 2.05) is 10.0 Å². The number of methoxy groups -OCH3 is 2. The highest BCUT2D eigenvalue weighted by Crippen LogP contribution is 2.32. The van der Waals surface area contributed by atoms with Crippen molar-refractivity contribution in [3.05, 3.63) is 22.5 Å². The number of carboxylic acids is 2. The van der Waals surface area contributed by atoms with E-state index in [0.29, 0.717) is 16.9 Å². The Morgan fingerprint density at radius 3 is 2.07 bits per heavy atom. The first-order valence-corrected chi connectivity index (χ1v) is 9.50. The molecule has 156 valence electrons. The van der Waals surface area contributed by atoms with Gasteiger partial charge in [0.1, 0.15) is 0 Å². The van der Waals surface area contributed by atoms with Crippen LogP contribution in [-0.4, -0.2) is 64.9 Å². The highest BCUT2D eigenvalue weighted by atomic mass is 32.1. The molecule has 0 bridgehead atoms. The number of ether oxygens (including phenoxy) is 2. The number of rotatable bonds is 8. The van der Waals surface area contributed by atoms with Crippen molar-refractivity contribution in [3.63, 3.8) is 0 Å². The summed E-state index contributed by atoms with van der Waals surface area (Å²) in [4.78, 5) is 33.0. The van der Waals surface area contributed by atoms with Crippen molar-refractivity contribution in [1.82, 2.24) is 8.86 Å². The van der Waals surface area contributed by atoms with Crippen LogP contribution in [-0.2, 0) is 16.1 Å². The predicted octanol–water partition coefficient (Wildman–Crippen LogP) is 1.97. The molecule has 0 aliphatic rings. The van der Waals surface area contributed by atoms with Gasteiger partial charge in [0.05, 0.1) is 24.3 Å². The van der Waals surface area contributed by atoms with Gasteiger partial charge in [0.15, 0.2) is 11.5 Å². The summed E-state index contributed by atoms with van der Waals surface area (Å²) in [7, 11) is 3.19. The monoisotopic (exact) mass is 414 g/mol. The molecule has 1 heterocycles. The fourth-order valence-corrected chi connectivity index (χ4v) is 3.57. The van der Waals surface area contributed by atoms with E-state index >= 15 is 0 Å². The minimum Gasteiger partial charge on any atom is -0.493 e. The number of benzene rings is 1. The fourth-order valence-electron chi connectivity index (χ4n) is 2.52. The Hall–Kier alpha value is -2.59. The molecule has 0 saturated carbocycles. The van der Waals surface area contributed by atoms with Crippen LogP contribution in [0.2, 0.25) is 0 Å². The van der Waals surface area contributed by atoms with Gasteiger partial charge in [-0.1, -0.05) is 25.4 Å². The molecule has 1 aromatic heterocycles. The fraction of sp³-hybridized carbons (Fsp3) is 0.500. The van der Waals surface area contributed by atoms with Crippen molar-refractivity contribution in [2.45, 2.75) is 26.8 Å². The molecule has 9 nitrogen and oxygen atoms in total. The molecule has 2 rings (SSSR count). The van der Waals surface area contributed by atoms with Crippen LogP contribution in [0.5, 0.6) is 11.5 Å². The Balaban J connectivity index is 0.000000568. The topological polar surface area (TPSA) is 118 Å². The highest BCUT2D eigenvalue weighted by molar-refractivity contribution is 7.13. The number of aromatic nitrogens is 1. The van der Waals surface area contributed by atoms with E-state index in [0.717, 1.165) is 37.3 Å².